The number of nitrogens with one attached hydrogen (secondary N) is 1. The second-order valence-electron chi connectivity index (χ2n) is 4.68. The summed E-state index contributed by atoms with van der Waals surface area (Å²) < 4.78 is 5.42. The lowest BCUT2D eigenvalue weighted by Gasteiger charge is -2.07. The molecule has 0 atom stereocenters. The van der Waals surface area contributed by atoms with Gasteiger partial charge in [0.15, 0.2) is 5.82 Å². The van der Waals surface area contributed by atoms with Crippen LogP contribution in [0.1, 0.15) is 17.3 Å². The zero-order valence-electron chi connectivity index (χ0n) is 11.9. The van der Waals surface area contributed by atoms with Gasteiger partial charge in [-0.3, -0.25) is 4.98 Å². The zero-order chi connectivity index (χ0) is 14.7. The largest absolute Gasteiger partial charge is 0.444 e. The van der Waals surface area contributed by atoms with Gasteiger partial charge in [-0.2, -0.15) is 0 Å². The van der Waals surface area contributed by atoms with Crippen molar-refractivity contribution in [2.75, 3.05) is 5.32 Å². The quantitative estimate of drug-likeness (QED) is 0.792. The predicted molar refractivity (Wildman–Crippen MR) is 78.6 cm³/mol. The van der Waals surface area contributed by atoms with Gasteiger partial charge in [-0.05, 0) is 26.0 Å². The molecule has 0 radical (unpaired) electrons. The number of hydrogen-bond acceptors (Lipinski definition) is 6. The Morgan fingerprint density at radius 3 is 2.81 bits per heavy atom. The normalized spacial score (nSPS) is 10.6. The third-order valence-electron chi connectivity index (χ3n) is 2.86. The molecule has 0 aliphatic rings. The highest BCUT2D eigenvalue weighted by molar-refractivity contribution is 5.56. The topological polar surface area (TPSA) is 76.7 Å². The number of hydrogen-bond donors (Lipinski definition) is 1. The molecule has 0 fully saturated rings. The first-order chi connectivity index (χ1) is 10.2. The van der Waals surface area contributed by atoms with Crippen LogP contribution in [-0.4, -0.2) is 19.9 Å². The molecule has 106 valence electrons. The van der Waals surface area contributed by atoms with E-state index in [9.17, 15) is 0 Å². The Kier molecular flexibility index (Phi) is 3.59. The smallest absolute Gasteiger partial charge is 0.213 e. The molecule has 3 heterocycles. The van der Waals surface area contributed by atoms with Crippen molar-refractivity contribution in [3.63, 3.8) is 0 Å². The number of rotatable bonds is 4. The van der Waals surface area contributed by atoms with Crippen LogP contribution in [0.3, 0.4) is 0 Å². The van der Waals surface area contributed by atoms with E-state index in [2.05, 4.69) is 25.3 Å². The van der Waals surface area contributed by atoms with Crippen molar-refractivity contribution in [2.24, 2.45) is 0 Å². The van der Waals surface area contributed by atoms with Crippen molar-refractivity contribution in [3.05, 3.63) is 54.1 Å². The van der Waals surface area contributed by atoms with E-state index in [0.29, 0.717) is 18.3 Å². The number of anilines is 1. The first-order valence-corrected chi connectivity index (χ1v) is 6.62. The molecule has 3 rings (SSSR count). The highest BCUT2D eigenvalue weighted by Gasteiger charge is 2.06. The van der Waals surface area contributed by atoms with Crippen LogP contribution in [0.4, 0.5) is 5.82 Å². The van der Waals surface area contributed by atoms with Crippen molar-refractivity contribution in [1.82, 2.24) is 19.9 Å². The van der Waals surface area contributed by atoms with Crippen LogP contribution in [0.2, 0.25) is 0 Å². The highest BCUT2D eigenvalue weighted by Crippen LogP contribution is 2.17. The number of oxazole rings is 1. The molecule has 3 aromatic rings. The summed E-state index contributed by atoms with van der Waals surface area (Å²) in [6, 6.07) is 5.68. The number of nitrogens with zero attached hydrogens (tertiary/aromatic N) is 4. The van der Waals surface area contributed by atoms with Crippen molar-refractivity contribution in [1.29, 1.82) is 0 Å². The van der Waals surface area contributed by atoms with Crippen LogP contribution in [0.25, 0.3) is 11.4 Å². The molecule has 0 bridgehead atoms. The molecule has 6 heteroatoms. The fourth-order valence-electron chi connectivity index (χ4n) is 1.93. The Bertz CT molecular complexity index is 739. The second-order valence-corrected chi connectivity index (χ2v) is 4.68. The van der Waals surface area contributed by atoms with Gasteiger partial charge in [0.2, 0.25) is 5.89 Å². The van der Waals surface area contributed by atoms with E-state index in [0.717, 1.165) is 22.8 Å². The summed E-state index contributed by atoms with van der Waals surface area (Å²) in [6.45, 7) is 4.28. The lowest BCUT2D eigenvalue weighted by molar-refractivity contribution is 0.479. The Hall–Kier alpha value is -2.76. The van der Waals surface area contributed by atoms with Crippen LogP contribution in [0.5, 0.6) is 0 Å². The molecule has 0 amide bonds. The van der Waals surface area contributed by atoms with E-state index in [4.69, 9.17) is 4.42 Å². The van der Waals surface area contributed by atoms with E-state index in [1.807, 2.05) is 32.0 Å². The maximum Gasteiger partial charge on any atom is 0.213 e. The fraction of sp³-hybridized carbons (Fsp3) is 0.200. The second kappa shape index (κ2) is 5.70. The molecule has 0 spiro atoms. The van der Waals surface area contributed by atoms with Gasteiger partial charge in [-0.1, -0.05) is 0 Å². The average molecular weight is 281 g/mol. The molecular formula is C15H15N5O. The Morgan fingerprint density at radius 1 is 1.19 bits per heavy atom. The van der Waals surface area contributed by atoms with Crippen molar-refractivity contribution >= 4 is 5.82 Å². The molecule has 0 aromatic carbocycles. The van der Waals surface area contributed by atoms with Gasteiger partial charge in [0.1, 0.15) is 11.6 Å². The number of pyridine rings is 1. The van der Waals surface area contributed by atoms with E-state index in [-0.39, 0.29) is 0 Å². The van der Waals surface area contributed by atoms with Crippen LogP contribution in [0.15, 0.2) is 41.2 Å². The van der Waals surface area contributed by atoms with Crippen molar-refractivity contribution in [3.8, 4) is 11.4 Å². The third kappa shape index (κ3) is 3.22. The molecule has 3 aromatic heterocycles. The standard InChI is InChI=1S/C15H15N5O/c1-10-6-13(17-9-14-18-7-11(2)21-14)20-15(19-10)12-4-3-5-16-8-12/h3-8H,9H2,1-2H3,(H,17,19,20). The van der Waals surface area contributed by atoms with Gasteiger partial charge in [-0.15, -0.1) is 0 Å². The Balaban J connectivity index is 1.81. The Labute approximate surface area is 122 Å². The maximum atomic E-state index is 5.42. The zero-order valence-corrected chi connectivity index (χ0v) is 11.9. The Morgan fingerprint density at radius 2 is 2.10 bits per heavy atom. The van der Waals surface area contributed by atoms with E-state index < -0.39 is 0 Å². The summed E-state index contributed by atoms with van der Waals surface area (Å²) >= 11 is 0. The molecule has 0 saturated carbocycles. The van der Waals surface area contributed by atoms with Gasteiger partial charge < -0.3 is 9.73 Å². The molecule has 0 unspecified atom stereocenters. The molecule has 0 aliphatic heterocycles. The van der Waals surface area contributed by atoms with Gasteiger partial charge in [0, 0.05) is 29.7 Å². The van der Waals surface area contributed by atoms with Crippen molar-refractivity contribution < 1.29 is 4.42 Å². The first-order valence-electron chi connectivity index (χ1n) is 6.62. The van der Waals surface area contributed by atoms with Crippen LogP contribution < -0.4 is 5.32 Å². The number of aryl methyl sites for hydroxylation is 2. The van der Waals surface area contributed by atoms with Crippen LogP contribution in [0, 0.1) is 13.8 Å². The molecule has 0 aliphatic carbocycles. The summed E-state index contributed by atoms with van der Waals surface area (Å²) in [7, 11) is 0. The highest BCUT2D eigenvalue weighted by atomic mass is 16.4. The summed E-state index contributed by atoms with van der Waals surface area (Å²) in [4.78, 5) is 17.2. The van der Waals surface area contributed by atoms with E-state index in [1.165, 1.54) is 0 Å². The SMILES string of the molecule is Cc1cc(NCc2ncc(C)o2)nc(-c2cccnc2)n1. The lowest BCUT2D eigenvalue weighted by Crippen LogP contribution is -2.04. The molecule has 0 saturated heterocycles. The number of aromatic nitrogens is 4. The predicted octanol–water partition coefficient (Wildman–Crippen LogP) is 2.76. The van der Waals surface area contributed by atoms with Gasteiger partial charge in [0.05, 0.1) is 12.7 Å². The summed E-state index contributed by atoms with van der Waals surface area (Å²) in [6.07, 6.45) is 5.17. The third-order valence-corrected chi connectivity index (χ3v) is 2.86. The maximum absolute atomic E-state index is 5.42. The molecule has 21 heavy (non-hydrogen) atoms. The lowest BCUT2D eigenvalue weighted by atomic mass is 10.2. The van der Waals surface area contributed by atoms with Gasteiger partial charge in [0.25, 0.3) is 0 Å². The summed E-state index contributed by atoms with van der Waals surface area (Å²) in [5, 5.41) is 3.20. The van der Waals surface area contributed by atoms with Crippen LogP contribution in [-0.2, 0) is 6.54 Å². The minimum Gasteiger partial charge on any atom is -0.444 e. The minimum atomic E-state index is 0.483. The van der Waals surface area contributed by atoms with E-state index in [1.54, 1.807) is 18.6 Å². The van der Waals surface area contributed by atoms with Crippen LogP contribution >= 0.6 is 0 Å². The average Bonchev–Trinajstić information content (AvgIpc) is 2.91. The summed E-state index contributed by atoms with van der Waals surface area (Å²) in [5.41, 5.74) is 1.77. The molecular weight excluding hydrogens is 266 g/mol. The van der Waals surface area contributed by atoms with Gasteiger partial charge in [-0.25, -0.2) is 15.0 Å². The van der Waals surface area contributed by atoms with Crippen molar-refractivity contribution in [2.45, 2.75) is 20.4 Å². The molecule has 6 nitrogen and oxygen atoms in total. The van der Waals surface area contributed by atoms with Gasteiger partial charge >= 0.3 is 0 Å². The summed E-state index contributed by atoms with van der Waals surface area (Å²) in [5.74, 6) is 2.81. The first kappa shape index (κ1) is 13.2. The molecule has 1 N–H and O–H groups in total. The monoisotopic (exact) mass is 281 g/mol. The fourth-order valence-corrected chi connectivity index (χ4v) is 1.93. The van der Waals surface area contributed by atoms with E-state index >= 15 is 0 Å². The minimum absolute atomic E-state index is 0.483.